The first-order chi connectivity index (χ1) is 5.83. The Morgan fingerprint density at radius 3 is 2.92 bits per heavy atom. The van der Waals surface area contributed by atoms with E-state index in [2.05, 4.69) is 5.10 Å². The van der Waals surface area contributed by atoms with Gasteiger partial charge in [0, 0.05) is 18.3 Å². The van der Waals surface area contributed by atoms with Crippen molar-refractivity contribution in [3.05, 3.63) is 17.0 Å². The predicted octanol–water partition coefficient (Wildman–Crippen LogP) is 1.11. The zero-order valence-corrected chi connectivity index (χ0v) is 7.21. The van der Waals surface area contributed by atoms with Crippen LogP contribution in [0, 0.1) is 0 Å². The molecule has 1 aliphatic carbocycles. The van der Waals surface area contributed by atoms with Gasteiger partial charge >= 0.3 is 0 Å². The topological polar surface area (TPSA) is 34.9 Å². The van der Waals surface area contributed by atoms with E-state index in [1.54, 1.807) is 0 Å². The standard InChI is InChI=1S/C9H12N2O/c1-11-9-5-3-2-4-7(9)8(6-12)10-11/h6H,2-5H2,1H3. The molecular formula is C9H12N2O. The molecule has 0 saturated heterocycles. The molecule has 0 fully saturated rings. The molecule has 0 aromatic carbocycles. The molecule has 1 aliphatic rings. The fourth-order valence-electron chi connectivity index (χ4n) is 1.90. The van der Waals surface area contributed by atoms with Crippen molar-refractivity contribution in [1.29, 1.82) is 0 Å². The van der Waals surface area contributed by atoms with Gasteiger partial charge in [-0.15, -0.1) is 0 Å². The van der Waals surface area contributed by atoms with Gasteiger partial charge in [0.25, 0.3) is 0 Å². The molecule has 1 aromatic rings. The molecule has 2 rings (SSSR count). The van der Waals surface area contributed by atoms with Crippen LogP contribution in [0.2, 0.25) is 0 Å². The maximum absolute atomic E-state index is 10.6. The fourth-order valence-corrected chi connectivity index (χ4v) is 1.90. The molecule has 3 nitrogen and oxygen atoms in total. The minimum Gasteiger partial charge on any atom is -0.296 e. The maximum Gasteiger partial charge on any atom is 0.170 e. The van der Waals surface area contributed by atoms with Gasteiger partial charge in [-0.1, -0.05) is 0 Å². The summed E-state index contributed by atoms with van der Waals surface area (Å²) in [4.78, 5) is 10.6. The van der Waals surface area contributed by atoms with Crippen molar-refractivity contribution in [2.75, 3.05) is 0 Å². The van der Waals surface area contributed by atoms with Crippen molar-refractivity contribution in [1.82, 2.24) is 9.78 Å². The fraction of sp³-hybridized carbons (Fsp3) is 0.556. The molecule has 0 atom stereocenters. The molecule has 64 valence electrons. The van der Waals surface area contributed by atoms with Crippen LogP contribution >= 0.6 is 0 Å². The molecule has 1 heterocycles. The molecule has 0 amide bonds. The molecule has 0 unspecified atom stereocenters. The molecule has 0 spiro atoms. The van der Waals surface area contributed by atoms with Crippen LogP contribution in [-0.2, 0) is 19.9 Å². The monoisotopic (exact) mass is 164 g/mol. The molecule has 0 aliphatic heterocycles. The average Bonchev–Trinajstić information content (AvgIpc) is 2.44. The van der Waals surface area contributed by atoms with Crippen molar-refractivity contribution in [3.63, 3.8) is 0 Å². The van der Waals surface area contributed by atoms with Gasteiger partial charge in [-0.3, -0.25) is 9.48 Å². The Morgan fingerprint density at radius 1 is 1.42 bits per heavy atom. The van der Waals surface area contributed by atoms with Crippen molar-refractivity contribution in [2.45, 2.75) is 25.7 Å². The van der Waals surface area contributed by atoms with E-state index in [1.807, 2.05) is 11.7 Å². The van der Waals surface area contributed by atoms with Crippen LogP contribution < -0.4 is 0 Å². The summed E-state index contributed by atoms with van der Waals surface area (Å²) in [5.41, 5.74) is 3.08. The number of nitrogens with zero attached hydrogens (tertiary/aromatic N) is 2. The van der Waals surface area contributed by atoms with Gasteiger partial charge in [-0.2, -0.15) is 5.10 Å². The van der Waals surface area contributed by atoms with Crippen molar-refractivity contribution < 1.29 is 4.79 Å². The zero-order chi connectivity index (χ0) is 8.55. The van der Waals surface area contributed by atoms with E-state index < -0.39 is 0 Å². The van der Waals surface area contributed by atoms with E-state index in [-0.39, 0.29) is 0 Å². The third kappa shape index (κ3) is 0.967. The first kappa shape index (κ1) is 7.53. The Balaban J connectivity index is 2.53. The highest BCUT2D eigenvalue weighted by Crippen LogP contribution is 2.22. The van der Waals surface area contributed by atoms with Crippen molar-refractivity contribution in [2.24, 2.45) is 7.05 Å². The Hall–Kier alpha value is -1.12. The Labute approximate surface area is 71.4 Å². The summed E-state index contributed by atoms with van der Waals surface area (Å²) in [6.07, 6.45) is 5.39. The smallest absolute Gasteiger partial charge is 0.170 e. The number of aldehydes is 1. The maximum atomic E-state index is 10.6. The first-order valence-corrected chi connectivity index (χ1v) is 4.33. The largest absolute Gasteiger partial charge is 0.296 e. The average molecular weight is 164 g/mol. The Bertz CT molecular complexity index is 315. The van der Waals surface area contributed by atoms with Gasteiger partial charge in [-0.05, 0) is 25.7 Å². The van der Waals surface area contributed by atoms with E-state index in [1.165, 1.54) is 24.1 Å². The van der Waals surface area contributed by atoms with E-state index in [0.29, 0.717) is 5.69 Å². The summed E-state index contributed by atoms with van der Waals surface area (Å²) in [5, 5.41) is 4.16. The lowest BCUT2D eigenvalue weighted by atomic mass is 9.96. The molecule has 1 aromatic heterocycles. The minimum atomic E-state index is 0.646. The number of hydrogen-bond donors (Lipinski definition) is 0. The summed E-state index contributed by atoms with van der Waals surface area (Å²) in [6, 6.07) is 0. The summed E-state index contributed by atoms with van der Waals surface area (Å²) >= 11 is 0. The van der Waals surface area contributed by atoms with E-state index in [0.717, 1.165) is 19.1 Å². The molecule has 3 heteroatoms. The highest BCUT2D eigenvalue weighted by molar-refractivity contribution is 5.74. The lowest BCUT2D eigenvalue weighted by molar-refractivity contribution is 0.111. The van der Waals surface area contributed by atoms with Gasteiger partial charge in [0.2, 0.25) is 0 Å². The second-order valence-electron chi connectivity index (χ2n) is 3.26. The van der Waals surface area contributed by atoms with Crippen LogP contribution in [0.5, 0.6) is 0 Å². The first-order valence-electron chi connectivity index (χ1n) is 4.33. The number of carbonyl (C=O) groups excluding carboxylic acids is 1. The van der Waals surface area contributed by atoms with Gasteiger partial charge in [0.15, 0.2) is 6.29 Å². The molecule has 0 radical (unpaired) electrons. The second kappa shape index (κ2) is 2.73. The minimum absolute atomic E-state index is 0.646. The van der Waals surface area contributed by atoms with Crippen LogP contribution in [0.25, 0.3) is 0 Å². The number of aryl methyl sites for hydroxylation is 1. The van der Waals surface area contributed by atoms with Gasteiger partial charge < -0.3 is 0 Å². The molecule has 0 saturated carbocycles. The summed E-state index contributed by atoms with van der Waals surface area (Å²) in [7, 11) is 1.91. The van der Waals surface area contributed by atoms with Crippen LogP contribution in [0.3, 0.4) is 0 Å². The highest BCUT2D eigenvalue weighted by Gasteiger charge is 2.18. The quantitative estimate of drug-likeness (QED) is 0.583. The predicted molar refractivity (Wildman–Crippen MR) is 45.2 cm³/mol. The SMILES string of the molecule is Cn1nc(C=O)c2c1CCCC2. The van der Waals surface area contributed by atoms with Crippen LogP contribution in [0.4, 0.5) is 0 Å². The normalized spacial score (nSPS) is 15.8. The van der Waals surface area contributed by atoms with E-state index in [4.69, 9.17) is 0 Å². The summed E-state index contributed by atoms with van der Waals surface area (Å²) < 4.78 is 1.85. The molecule has 12 heavy (non-hydrogen) atoms. The summed E-state index contributed by atoms with van der Waals surface area (Å²) in [6.45, 7) is 0. The second-order valence-corrected chi connectivity index (χ2v) is 3.26. The highest BCUT2D eigenvalue weighted by atomic mass is 16.1. The summed E-state index contributed by atoms with van der Waals surface area (Å²) in [5.74, 6) is 0. The Kier molecular flexibility index (Phi) is 1.71. The lowest BCUT2D eigenvalue weighted by Gasteiger charge is -2.11. The van der Waals surface area contributed by atoms with E-state index in [9.17, 15) is 4.79 Å². The lowest BCUT2D eigenvalue weighted by Crippen LogP contribution is -2.05. The number of hydrogen-bond acceptors (Lipinski definition) is 2. The number of carbonyl (C=O) groups is 1. The zero-order valence-electron chi connectivity index (χ0n) is 7.21. The van der Waals surface area contributed by atoms with Crippen LogP contribution in [0.1, 0.15) is 34.6 Å². The number of fused-ring (bicyclic) bond motifs is 1. The molecule has 0 bridgehead atoms. The van der Waals surface area contributed by atoms with Crippen molar-refractivity contribution >= 4 is 6.29 Å². The number of rotatable bonds is 1. The van der Waals surface area contributed by atoms with Crippen LogP contribution in [0.15, 0.2) is 0 Å². The molecular weight excluding hydrogens is 152 g/mol. The van der Waals surface area contributed by atoms with Gasteiger partial charge in [0.05, 0.1) is 0 Å². The Morgan fingerprint density at radius 2 is 2.17 bits per heavy atom. The van der Waals surface area contributed by atoms with Gasteiger partial charge in [0.1, 0.15) is 5.69 Å². The van der Waals surface area contributed by atoms with Gasteiger partial charge in [-0.25, -0.2) is 0 Å². The molecule has 0 N–H and O–H groups in total. The van der Waals surface area contributed by atoms with Crippen LogP contribution in [-0.4, -0.2) is 16.1 Å². The van der Waals surface area contributed by atoms with Crippen molar-refractivity contribution in [3.8, 4) is 0 Å². The number of aromatic nitrogens is 2. The third-order valence-corrected chi connectivity index (χ3v) is 2.51. The third-order valence-electron chi connectivity index (χ3n) is 2.51. The van der Waals surface area contributed by atoms with E-state index >= 15 is 0 Å².